The summed E-state index contributed by atoms with van der Waals surface area (Å²) in [4.78, 5) is 24.4. The van der Waals surface area contributed by atoms with E-state index in [2.05, 4.69) is 0 Å². The van der Waals surface area contributed by atoms with E-state index >= 15 is 0 Å². The van der Waals surface area contributed by atoms with Crippen LogP contribution in [0.4, 0.5) is 4.39 Å². The third-order valence-corrected chi connectivity index (χ3v) is 5.11. The second-order valence-electron chi connectivity index (χ2n) is 7.00. The molecule has 4 aromatic rings. The molecule has 0 saturated carbocycles. The quantitative estimate of drug-likeness (QED) is 0.483. The fraction of sp³-hybridized carbons (Fsp3) is 0.0833. The Bertz CT molecular complexity index is 1250. The van der Waals surface area contributed by atoms with Crippen molar-refractivity contribution in [2.75, 3.05) is 0 Å². The zero-order valence-electron chi connectivity index (χ0n) is 15.9. The number of hydrogen-bond donors (Lipinski definition) is 1. The minimum absolute atomic E-state index is 0.0641. The lowest BCUT2D eigenvalue weighted by Crippen LogP contribution is -2.06. The first-order chi connectivity index (χ1) is 13.9. The number of halogens is 1. The van der Waals surface area contributed by atoms with E-state index in [9.17, 15) is 14.0 Å². The van der Waals surface area contributed by atoms with Crippen molar-refractivity contribution in [3.8, 4) is 5.69 Å². The number of para-hydroxylation sites is 1. The van der Waals surface area contributed by atoms with E-state index in [1.54, 1.807) is 37.4 Å². The van der Waals surface area contributed by atoms with Gasteiger partial charge in [0, 0.05) is 22.8 Å². The van der Waals surface area contributed by atoms with Crippen LogP contribution in [0.3, 0.4) is 0 Å². The van der Waals surface area contributed by atoms with Crippen molar-refractivity contribution in [2.45, 2.75) is 13.8 Å². The molecule has 0 saturated heterocycles. The van der Waals surface area contributed by atoms with Crippen LogP contribution in [0.15, 0.2) is 66.9 Å². The molecule has 3 aromatic carbocycles. The van der Waals surface area contributed by atoms with E-state index in [0.29, 0.717) is 11.1 Å². The van der Waals surface area contributed by atoms with E-state index in [1.807, 2.05) is 29.7 Å². The summed E-state index contributed by atoms with van der Waals surface area (Å²) in [5, 5.41) is 9.85. The Morgan fingerprint density at radius 2 is 1.55 bits per heavy atom. The molecule has 0 aliphatic carbocycles. The van der Waals surface area contributed by atoms with Gasteiger partial charge < -0.3 is 9.67 Å². The number of hydrogen-bond acceptors (Lipinski definition) is 2. The second-order valence-corrected chi connectivity index (χ2v) is 7.00. The zero-order chi connectivity index (χ0) is 20.7. The number of benzene rings is 3. The molecule has 0 aliphatic rings. The third-order valence-electron chi connectivity index (χ3n) is 5.11. The minimum Gasteiger partial charge on any atom is -0.478 e. The standard InChI is InChI=1S/C24H18FNO3/c1-14-5-4-8-20(25)21(14)23(27)19-13-26(22-15(2)6-3-7-18(19)22)17-11-9-16(10-12-17)24(28)29/h3-13H,1-2H3,(H,28,29). The lowest BCUT2D eigenvalue weighted by Gasteiger charge is -2.07. The Morgan fingerprint density at radius 3 is 2.21 bits per heavy atom. The number of aromatic carboxylic acids is 1. The zero-order valence-corrected chi connectivity index (χ0v) is 15.9. The van der Waals surface area contributed by atoms with Gasteiger partial charge in [0.15, 0.2) is 5.78 Å². The molecule has 0 unspecified atom stereocenters. The highest BCUT2D eigenvalue weighted by Gasteiger charge is 2.22. The van der Waals surface area contributed by atoms with Crippen LogP contribution < -0.4 is 0 Å². The molecule has 1 N–H and O–H groups in total. The largest absolute Gasteiger partial charge is 0.478 e. The third kappa shape index (κ3) is 3.10. The van der Waals surface area contributed by atoms with Crippen molar-refractivity contribution in [1.82, 2.24) is 4.57 Å². The van der Waals surface area contributed by atoms with Crippen molar-refractivity contribution < 1.29 is 19.1 Å². The minimum atomic E-state index is -1.00. The molecule has 144 valence electrons. The first-order valence-corrected chi connectivity index (χ1v) is 9.12. The topological polar surface area (TPSA) is 59.3 Å². The van der Waals surface area contributed by atoms with Crippen LogP contribution in [0.1, 0.15) is 37.4 Å². The summed E-state index contributed by atoms with van der Waals surface area (Å²) in [6.07, 6.45) is 1.70. The lowest BCUT2D eigenvalue weighted by atomic mass is 9.98. The van der Waals surface area contributed by atoms with Crippen molar-refractivity contribution in [1.29, 1.82) is 0 Å². The molecule has 0 spiro atoms. The van der Waals surface area contributed by atoms with Crippen LogP contribution >= 0.6 is 0 Å². The SMILES string of the molecule is Cc1cccc(F)c1C(=O)c1cn(-c2ccc(C(=O)O)cc2)c2c(C)cccc12. The fourth-order valence-corrected chi connectivity index (χ4v) is 3.66. The van der Waals surface area contributed by atoms with Crippen LogP contribution in [-0.4, -0.2) is 21.4 Å². The highest BCUT2D eigenvalue weighted by molar-refractivity contribution is 6.17. The number of aromatic nitrogens is 1. The summed E-state index contributed by atoms with van der Waals surface area (Å²) in [5.41, 5.74) is 3.73. The number of fused-ring (bicyclic) bond motifs is 1. The first kappa shape index (κ1) is 18.6. The van der Waals surface area contributed by atoms with E-state index < -0.39 is 11.8 Å². The smallest absolute Gasteiger partial charge is 0.335 e. The molecule has 4 nitrogen and oxygen atoms in total. The number of nitrogens with zero attached hydrogens (tertiary/aromatic N) is 1. The van der Waals surface area contributed by atoms with Crippen molar-refractivity contribution in [2.24, 2.45) is 0 Å². The average molecular weight is 387 g/mol. The Balaban J connectivity index is 1.94. The van der Waals surface area contributed by atoms with Crippen LogP contribution in [0.5, 0.6) is 0 Å². The highest BCUT2D eigenvalue weighted by atomic mass is 19.1. The Morgan fingerprint density at radius 1 is 0.897 bits per heavy atom. The van der Waals surface area contributed by atoms with E-state index in [4.69, 9.17) is 5.11 Å². The van der Waals surface area contributed by atoms with Gasteiger partial charge in [-0.15, -0.1) is 0 Å². The van der Waals surface area contributed by atoms with Gasteiger partial charge in [-0.05, 0) is 55.3 Å². The maximum absolute atomic E-state index is 14.4. The molecular formula is C24H18FNO3. The van der Waals surface area contributed by atoms with Crippen LogP contribution in [0.25, 0.3) is 16.6 Å². The van der Waals surface area contributed by atoms with Gasteiger partial charge in [-0.1, -0.05) is 30.3 Å². The molecule has 0 aliphatic heterocycles. The Hall–Kier alpha value is -3.73. The monoisotopic (exact) mass is 387 g/mol. The summed E-state index contributed by atoms with van der Waals surface area (Å²) < 4.78 is 16.3. The van der Waals surface area contributed by atoms with Gasteiger partial charge in [0.2, 0.25) is 0 Å². The summed E-state index contributed by atoms with van der Waals surface area (Å²) in [7, 11) is 0. The van der Waals surface area contributed by atoms with Gasteiger partial charge >= 0.3 is 5.97 Å². The number of ketones is 1. The summed E-state index contributed by atoms with van der Waals surface area (Å²) in [5.74, 6) is -1.93. The van der Waals surface area contributed by atoms with Crippen LogP contribution in [0, 0.1) is 19.7 Å². The fourth-order valence-electron chi connectivity index (χ4n) is 3.66. The Labute approximate surface area is 166 Å². The maximum atomic E-state index is 14.4. The number of carboxylic acids is 1. The van der Waals surface area contributed by atoms with E-state index in [-0.39, 0.29) is 16.9 Å². The van der Waals surface area contributed by atoms with Gasteiger partial charge in [-0.25, -0.2) is 9.18 Å². The summed E-state index contributed by atoms with van der Waals surface area (Å²) in [6.45, 7) is 3.65. The van der Waals surface area contributed by atoms with Crippen LogP contribution in [-0.2, 0) is 0 Å². The van der Waals surface area contributed by atoms with Crippen molar-refractivity contribution in [3.63, 3.8) is 0 Å². The molecule has 0 atom stereocenters. The molecule has 0 radical (unpaired) electrons. The number of carbonyl (C=O) groups excluding carboxylic acids is 1. The molecule has 1 heterocycles. The summed E-state index contributed by atoms with van der Waals surface area (Å²) >= 11 is 0. The maximum Gasteiger partial charge on any atom is 0.335 e. The summed E-state index contributed by atoms with van der Waals surface area (Å²) in [6, 6.07) is 16.6. The van der Waals surface area contributed by atoms with E-state index in [1.165, 1.54) is 18.2 Å². The predicted octanol–water partition coefficient (Wildman–Crippen LogP) is 5.32. The van der Waals surface area contributed by atoms with Gasteiger partial charge in [0.25, 0.3) is 0 Å². The van der Waals surface area contributed by atoms with Gasteiger partial charge in [0.05, 0.1) is 16.6 Å². The number of aryl methyl sites for hydroxylation is 2. The molecule has 0 fully saturated rings. The molecular weight excluding hydrogens is 369 g/mol. The highest BCUT2D eigenvalue weighted by Crippen LogP contribution is 2.30. The Kier molecular flexibility index (Phi) is 4.51. The average Bonchev–Trinajstić information content (AvgIpc) is 3.09. The van der Waals surface area contributed by atoms with Crippen LogP contribution in [0.2, 0.25) is 0 Å². The number of carbonyl (C=O) groups is 2. The molecule has 29 heavy (non-hydrogen) atoms. The van der Waals surface area contributed by atoms with Gasteiger partial charge in [0.1, 0.15) is 5.82 Å². The second kappa shape index (κ2) is 7.02. The van der Waals surface area contributed by atoms with Crippen molar-refractivity contribution in [3.05, 3.63) is 100 Å². The molecule has 0 bridgehead atoms. The molecule has 4 rings (SSSR count). The normalized spacial score (nSPS) is 11.0. The predicted molar refractivity (Wildman–Crippen MR) is 110 cm³/mol. The molecule has 0 amide bonds. The first-order valence-electron chi connectivity index (χ1n) is 9.12. The van der Waals surface area contributed by atoms with Gasteiger partial charge in [-0.2, -0.15) is 0 Å². The number of carboxylic acid groups (broad SMARTS) is 1. The van der Waals surface area contributed by atoms with Crippen molar-refractivity contribution >= 4 is 22.7 Å². The van der Waals surface area contributed by atoms with Gasteiger partial charge in [-0.3, -0.25) is 4.79 Å². The molecule has 5 heteroatoms. The lowest BCUT2D eigenvalue weighted by molar-refractivity contribution is 0.0696. The number of rotatable bonds is 4. The van der Waals surface area contributed by atoms with E-state index in [0.717, 1.165) is 22.2 Å². The molecule has 1 aromatic heterocycles.